The molecule has 0 amide bonds. The Hall–Kier alpha value is -2.67. The van der Waals surface area contributed by atoms with Crippen LogP contribution in [0.3, 0.4) is 0 Å². The highest BCUT2D eigenvalue weighted by atomic mass is 32.1. The van der Waals surface area contributed by atoms with Crippen LogP contribution in [-0.2, 0) is 0 Å². The number of ether oxygens (including phenoxy) is 2. The van der Waals surface area contributed by atoms with Crippen molar-refractivity contribution in [3.63, 3.8) is 0 Å². The number of rotatable bonds is 5. The summed E-state index contributed by atoms with van der Waals surface area (Å²) in [5.74, 6) is 2.02. The van der Waals surface area contributed by atoms with Crippen LogP contribution in [0.4, 0.5) is 10.9 Å². The van der Waals surface area contributed by atoms with Crippen LogP contribution < -0.4 is 14.8 Å². The third kappa shape index (κ3) is 3.24. The highest BCUT2D eigenvalue weighted by Gasteiger charge is 2.11. The predicted molar refractivity (Wildman–Crippen MR) is 90.7 cm³/mol. The maximum atomic E-state index is 5.30. The lowest BCUT2D eigenvalue weighted by atomic mass is 10.3. The van der Waals surface area contributed by atoms with Crippen LogP contribution >= 0.6 is 11.3 Å². The Kier molecular flexibility index (Phi) is 4.38. The van der Waals surface area contributed by atoms with Crippen molar-refractivity contribution >= 4 is 22.3 Å². The summed E-state index contributed by atoms with van der Waals surface area (Å²) in [6, 6.07) is 5.71. The van der Waals surface area contributed by atoms with Crippen molar-refractivity contribution in [2.24, 2.45) is 0 Å². The first kappa shape index (κ1) is 15.2. The number of thiazole rings is 1. The van der Waals surface area contributed by atoms with Crippen molar-refractivity contribution in [1.82, 2.24) is 15.0 Å². The van der Waals surface area contributed by atoms with Gasteiger partial charge in [0.2, 0.25) is 0 Å². The molecule has 0 aliphatic carbocycles. The fourth-order valence-electron chi connectivity index (χ4n) is 2.04. The first-order valence-electron chi connectivity index (χ1n) is 6.94. The van der Waals surface area contributed by atoms with E-state index in [1.807, 2.05) is 30.5 Å². The number of hydrogen-bond donors (Lipinski definition) is 1. The summed E-state index contributed by atoms with van der Waals surface area (Å²) in [5.41, 5.74) is 2.56. The Morgan fingerprint density at radius 3 is 2.65 bits per heavy atom. The van der Waals surface area contributed by atoms with Gasteiger partial charge in [0.05, 0.1) is 26.1 Å². The fourth-order valence-corrected chi connectivity index (χ4v) is 2.75. The summed E-state index contributed by atoms with van der Waals surface area (Å²) < 4.78 is 10.5. The third-order valence-electron chi connectivity index (χ3n) is 3.27. The van der Waals surface area contributed by atoms with Crippen molar-refractivity contribution < 1.29 is 9.47 Å². The average Bonchev–Trinajstić information content (AvgIpc) is 3.05. The molecular weight excluding hydrogens is 312 g/mol. The van der Waals surface area contributed by atoms with Crippen molar-refractivity contribution in [2.75, 3.05) is 19.5 Å². The van der Waals surface area contributed by atoms with Crippen LogP contribution in [0.1, 0.15) is 5.56 Å². The molecule has 0 aliphatic rings. The molecule has 0 saturated heterocycles. The minimum Gasteiger partial charge on any atom is -0.493 e. The molecule has 1 N–H and O–H groups in total. The molecule has 0 spiro atoms. The third-order valence-corrected chi connectivity index (χ3v) is 4.03. The SMILES string of the molecule is COc1cnc(-c2csc(Nc3ncccc3C)n2)cc1OC. The molecule has 0 saturated carbocycles. The molecule has 3 aromatic rings. The van der Waals surface area contributed by atoms with Crippen LogP contribution in [0, 0.1) is 6.92 Å². The second-order valence-electron chi connectivity index (χ2n) is 4.76. The van der Waals surface area contributed by atoms with Gasteiger partial charge in [-0.2, -0.15) is 0 Å². The molecule has 3 rings (SSSR count). The Bertz CT molecular complexity index is 819. The maximum Gasteiger partial charge on any atom is 0.188 e. The molecule has 0 aliphatic heterocycles. The maximum absolute atomic E-state index is 5.30. The van der Waals surface area contributed by atoms with Gasteiger partial charge in [0.1, 0.15) is 11.5 Å². The number of nitrogens with one attached hydrogen (secondary N) is 1. The summed E-state index contributed by atoms with van der Waals surface area (Å²) in [6.45, 7) is 2.00. The van der Waals surface area contributed by atoms with E-state index >= 15 is 0 Å². The van der Waals surface area contributed by atoms with Gasteiger partial charge in [0.15, 0.2) is 16.6 Å². The molecule has 3 heterocycles. The largest absolute Gasteiger partial charge is 0.493 e. The number of hydrogen-bond acceptors (Lipinski definition) is 7. The molecule has 6 nitrogen and oxygen atoms in total. The van der Waals surface area contributed by atoms with Crippen LogP contribution in [-0.4, -0.2) is 29.2 Å². The number of aryl methyl sites for hydroxylation is 1. The zero-order valence-corrected chi connectivity index (χ0v) is 13.8. The van der Waals surface area contributed by atoms with Gasteiger partial charge in [-0.3, -0.25) is 4.98 Å². The average molecular weight is 328 g/mol. The normalized spacial score (nSPS) is 10.4. The molecule has 23 heavy (non-hydrogen) atoms. The summed E-state index contributed by atoms with van der Waals surface area (Å²) in [7, 11) is 3.18. The summed E-state index contributed by atoms with van der Waals surface area (Å²) in [6.07, 6.45) is 3.38. The smallest absolute Gasteiger partial charge is 0.188 e. The van der Waals surface area contributed by atoms with Gasteiger partial charge in [-0.1, -0.05) is 6.07 Å². The van der Waals surface area contributed by atoms with Crippen molar-refractivity contribution in [3.05, 3.63) is 41.5 Å². The van der Waals surface area contributed by atoms with Crippen LogP contribution in [0.5, 0.6) is 11.5 Å². The second kappa shape index (κ2) is 6.62. The molecule has 3 aromatic heterocycles. The minimum atomic E-state index is 0.592. The minimum absolute atomic E-state index is 0.592. The van der Waals surface area contributed by atoms with Crippen molar-refractivity contribution in [3.8, 4) is 22.9 Å². The quantitative estimate of drug-likeness (QED) is 0.770. The lowest BCUT2D eigenvalue weighted by Crippen LogP contribution is -1.96. The summed E-state index contributed by atoms with van der Waals surface area (Å²) in [5, 5.41) is 5.93. The van der Waals surface area contributed by atoms with Crippen LogP contribution in [0.2, 0.25) is 0 Å². The van der Waals surface area contributed by atoms with E-state index in [-0.39, 0.29) is 0 Å². The van der Waals surface area contributed by atoms with E-state index < -0.39 is 0 Å². The van der Waals surface area contributed by atoms with E-state index in [9.17, 15) is 0 Å². The van der Waals surface area contributed by atoms with Gasteiger partial charge in [0, 0.05) is 17.6 Å². The number of anilines is 2. The van der Waals surface area contributed by atoms with E-state index in [0.29, 0.717) is 11.5 Å². The Morgan fingerprint density at radius 2 is 1.91 bits per heavy atom. The highest BCUT2D eigenvalue weighted by Crippen LogP contribution is 2.32. The first-order valence-corrected chi connectivity index (χ1v) is 7.82. The number of aromatic nitrogens is 3. The molecule has 0 atom stereocenters. The molecule has 118 valence electrons. The first-order chi connectivity index (χ1) is 11.2. The molecule has 0 fully saturated rings. The summed E-state index contributed by atoms with van der Waals surface area (Å²) >= 11 is 1.50. The van der Waals surface area contributed by atoms with E-state index in [0.717, 1.165) is 27.9 Å². The van der Waals surface area contributed by atoms with Gasteiger partial charge < -0.3 is 14.8 Å². The van der Waals surface area contributed by atoms with Crippen molar-refractivity contribution in [2.45, 2.75) is 6.92 Å². The lowest BCUT2D eigenvalue weighted by Gasteiger charge is -2.07. The molecule has 0 bridgehead atoms. The fraction of sp³-hybridized carbons (Fsp3) is 0.188. The van der Waals surface area contributed by atoms with Crippen LogP contribution in [0.15, 0.2) is 36.0 Å². The van der Waals surface area contributed by atoms with E-state index in [4.69, 9.17) is 9.47 Å². The topological polar surface area (TPSA) is 69.2 Å². The molecule has 0 radical (unpaired) electrons. The Labute approximate surface area is 138 Å². The molecule has 0 aromatic carbocycles. The van der Waals surface area contributed by atoms with E-state index in [1.165, 1.54) is 11.3 Å². The molecule has 0 unspecified atom stereocenters. The van der Waals surface area contributed by atoms with Gasteiger partial charge in [-0.05, 0) is 18.6 Å². The van der Waals surface area contributed by atoms with Gasteiger partial charge >= 0.3 is 0 Å². The zero-order chi connectivity index (χ0) is 16.2. The Morgan fingerprint density at radius 1 is 1.09 bits per heavy atom. The van der Waals surface area contributed by atoms with Gasteiger partial charge in [-0.15, -0.1) is 11.3 Å². The number of methoxy groups -OCH3 is 2. The molecular formula is C16H16N4O2S. The van der Waals surface area contributed by atoms with E-state index in [1.54, 1.807) is 26.6 Å². The monoisotopic (exact) mass is 328 g/mol. The van der Waals surface area contributed by atoms with Crippen molar-refractivity contribution in [1.29, 1.82) is 0 Å². The summed E-state index contributed by atoms with van der Waals surface area (Å²) in [4.78, 5) is 13.2. The zero-order valence-electron chi connectivity index (χ0n) is 13.0. The van der Waals surface area contributed by atoms with Gasteiger partial charge in [-0.25, -0.2) is 9.97 Å². The lowest BCUT2D eigenvalue weighted by molar-refractivity contribution is 0.353. The van der Waals surface area contributed by atoms with Gasteiger partial charge in [0.25, 0.3) is 0 Å². The van der Waals surface area contributed by atoms with Crippen LogP contribution in [0.25, 0.3) is 11.4 Å². The Balaban J connectivity index is 1.86. The second-order valence-corrected chi connectivity index (χ2v) is 5.61. The number of nitrogens with zero attached hydrogens (tertiary/aromatic N) is 3. The standard InChI is InChI=1S/C16H16N4O2S/c1-10-5-4-6-17-15(10)20-16-19-12(9-23-16)11-7-13(21-2)14(22-3)8-18-11/h4-9H,1-3H3,(H,17,19,20). The molecule has 7 heteroatoms. The number of pyridine rings is 2. The highest BCUT2D eigenvalue weighted by molar-refractivity contribution is 7.14. The van der Waals surface area contributed by atoms with E-state index in [2.05, 4.69) is 20.3 Å². The predicted octanol–water partition coefficient (Wildman–Crippen LogP) is 3.67.